The molecule has 0 radical (unpaired) electrons. The minimum Gasteiger partial charge on any atom is -0.256 e. The quantitative estimate of drug-likeness (QED) is 0.159. The summed E-state index contributed by atoms with van der Waals surface area (Å²) in [6.45, 7) is 0. The summed E-state index contributed by atoms with van der Waals surface area (Å²) in [4.78, 5) is 30.1. The highest BCUT2D eigenvalue weighted by Crippen LogP contribution is 2.34. The number of rotatable bonds is 7. The molecule has 0 saturated heterocycles. The van der Waals surface area contributed by atoms with Crippen LogP contribution in [0.5, 0.6) is 0 Å². The Bertz CT molecular complexity index is 3290. The van der Waals surface area contributed by atoms with Gasteiger partial charge in [0.05, 0.1) is 33.8 Å². The normalized spacial score (nSPS) is 11.4. The van der Waals surface area contributed by atoms with Crippen molar-refractivity contribution < 1.29 is 0 Å². The van der Waals surface area contributed by atoms with Gasteiger partial charge in [0.15, 0.2) is 11.6 Å². The van der Waals surface area contributed by atoms with E-state index in [9.17, 15) is 0 Å². The van der Waals surface area contributed by atoms with E-state index in [1.807, 2.05) is 48.8 Å². The maximum Gasteiger partial charge on any atom is 0.160 e. The van der Waals surface area contributed by atoms with E-state index in [1.54, 1.807) is 0 Å². The van der Waals surface area contributed by atoms with Crippen molar-refractivity contribution in [2.45, 2.75) is 0 Å². The Morgan fingerprint density at radius 3 is 0.953 bits per heavy atom. The van der Waals surface area contributed by atoms with Crippen LogP contribution >= 0.6 is 0 Å². The fourth-order valence-corrected chi connectivity index (χ4v) is 8.49. The van der Waals surface area contributed by atoms with Gasteiger partial charge in [-0.05, 0) is 81.2 Å². The smallest absolute Gasteiger partial charge is 0.160 e. The number of para-hydroxylation sites is 2. The van der Waals surface area contributed by atoms with Crippen molar-refractivity contribution in [1.82, 2.24) is 29.9 Å². The Labute approximate surface area is 369 Å². The molecule has 0 unspecified atom stereocenters. The third-order valence-corrected chi connectivity index (χ3v) is 11.9. The predicted octanol–water partition coefficient (Wildman–Crippen LogP) is 14.3. The predicted molar refractivity (Wildman–Crippen MR) is 261 cm³/mol. The second-order valence-electron chi connectivity index (χ2n) is 16.0. The number of benzene rings is 8. The van der Waals surface area contributed by atoms with Gasteiger partial charge in [-0.25, -0.2) is 19.9 Å². The molecular formula is C58H36N6. The van der Waals surface area contributed by atoms with Crippen molar-refractivity contribution in [1.29, 1.82) is 0 Å². The Morgan fingerprint density at radius 1 is 0.219 bits per heavy atom. The van der Waals surface area contributed by atoms with E-state index in [1.165, 1.54) is 10.8 Å². The Balaban J connectivity index is 0.894. The maximum absolute atomic E-state index is 5.16. The van der Waals surface area contributed by atoms with Gasteiger partial charge in [0.25, 0.3) is 0 Å². The molecule has 6 nitrogen and oxygen atoms in total. The molecule has 8 aromatic carbocycles. The second kappa shape index (κ2) is 15.6. The lowest BCUT2D eigenvalue weighted by Gasteiger charge is -2.12. The summed E-state index contributed by atoms with van der Waals surface area (Å²) < 4.78 is 0. The van der Waals surface area contributed by atoms with Gasteiger partial charge in [0.2, 0.25) is 0 Å². The van der Waals surface area contributed by atoms with Crippen LogP contribution in [0.25, 0.3) is 122 Å². The zero-order chi connectivity index (χ0) is 42.4. The van der Waals surface area contributed by atoms with Crippen molar-refractivity contribution in [3.8, 4) is 78.9 Å². The molecular weight excluding hydrogens is 781 g/mol. The van der Waals surface area contributed by atoms with Crippen LogP contribution < -0.4 is 0 Å². The number of pyridine rings is 2. The van der Waals surface area contributed by atoms with Gasteiger partial charge in [-0.1, -0.05) is 158 Å². The highest BCUT2D eigenvalue weighted by molar-refractivity contribution is 5.90. The van der Waals surface area contributed by atoms with Crippen LogP contribution in [0.15, 0.2) is 219 Å². The van der Waals surface area contributed by atoms with Gasteiger partial charge in [-0.3, -0.25) is 9.97 Å². The van der Waals surface area contributed by atoms with Crippen molar-refractivity contribution in [3.05, 3.63) is 219 Å². The molecule has 0 atom stereocenters. The Kier molecular flexibility index (Phi) is 9.05. The van der Waals surface area contributed by atoms with Crippen LogP contribution in [0.2, 0.25) is 0 Å². The number of hydrogen-bond donors (Lipinski definition) is 0. The summed E-state index contributed by atoms with van der Waals surface area (Å²) in [5, 5.41) is 6.77. The van der Waals surface area contributed by atoms with Crippen LogP contribution in [0.4, 0.5) is 0 Å². The minimum absolute atomic E-state index is 0.666. The van der Waals surface area contributed by atoms with E-state index in [0.717, 1.165) is 99.9 Å². The van der Waals surface area contributed by atoms with Crippen LogP contribution in [0.3, 0.4) is 0 Å². The number of fused-ring (bicyclic) bond motifs is 4. The van der Waals surface area contributed by atoms with E-state index < -0.39 is 0 Å². The molecule has 0 saturated carbocycles. The van der Waals surface area contributed by atoms with E-state index in [-0.39, 0.29) is 0 Å². The van der Waals surface area contributed by atoms with Crippen LogP contribution in [0.1, 0.15) is 0 Å². The first-order chi connectivity index (χ1) is 31.6. The lowest BCUT2D eigenvalue weighted by atomic mass is 9.99. The molecule has 12 rings (SSSR count). The van der Waals surface area contributed by atoms with E-state index in [4.69, 9.17) is 29.9 Å². The summed E-state index contributed by atoms with van der Waals surface area (Å²) >= 11 is 0. The standard InChI is InChI=1S/C58H36N6/c1-3-11-43-29-47(27-21-37(43)9-1)57-61-53(33-55(63-57)49-31-45-13-5-7-15-51(45)59-35-49)41-23-17-39(18-24-41)40-19-25-42(26-20-40)54-34-56(50-32-46-14-6-8-16-52(46)60-36-50)64-58(62-54)48-28-22-38-10-2-4-12-44(38)30-48/h1-36H. The molecule has 0 spiro atoms. The minimum atomic E-state index is 0.666. The summed E-state index contributed by atoms with van der Waals surface area (Å²) in [5.41, 5.74) is 13.2. The number of aromatic nitrogens is 6. The molecule has 64 heavy (non-hydrogen) atoms. The van der Waals surface area contributed by atoms with Crippen LogP contribution in [-0.2, 0) is 0 Å². The molecule has 0 bridgehead atoms. The third kappa shape index (κ3) is 7.09. The summed E-state index contributed by atoms with van der Waals surface area (Å²) in [7, 11) is 0. The highest BCUT2D eigenvalue weighted by atomic mass is 14.9. The van der Waals surface area contributed by atoms with Gasteiger partial charge < -0.3 is 0 Å². The molecule has 12 aromatic rings. The van der Waals surface area contributed by atoms with Gasteiger partial charge in [-0.15, -0.1) is 0 Å². The Hall–Kier alpha value is -8.74. The molecule has 0 aliphatic heterocycles. The highest BCUT2D eigenvalue weighted by Gasteiger charge is 2.15. The topological polar surface area (TPSA) is 77.3 Å². The van der Waals surface area contributed by atoms with E-state index in [0.29, 0.717) is 11.6 Å². The molecule has 0 amide bonds. The van der Waals surface area contributed by atoms with Gasteiger partial charge >= 0.3 is 0 Å². The first-order valence-electron chi connectivity index (χ1n) is 21.3. The zero-order valence-corrected chi connectivity index (χ0v) is 34.5. The van der Waals surface area contributed by atoms with Gasteiger partial charge in [-0.2, -0.15) is 0 Å². The zero-order valence-electron chi connectivity index (χ0n) is 34.5. The fraction of sp³-hybridized carbons (Fsp3) is 0. The molecule has 4 heterocycles. The first-order valence-corrected chi connectivity index (χ1v) is 21.3. The maximum atomic E-state index is 5.16. The van der Waals surface area contributed by atoms with E-state index >= 15 is 0 Å². The average molecular weight is 817 g/mol. The van der Waals surface area contributed by atoms with Crippen molar-refractivity contribution in [3.63, 3.8) is 0 Å². The van der Waals surface area contributed by atoms with Crippen molar-refractivity contribution >= 4 is 43.4 Å². The fourth-order valence-electron chi connectivity index (χ4n) is 8.49. The SMILES string of the molecule is c1ccc2cc(-c3nc(-c4ccc(-c5ccc(-c6cc(-c7cnc8ccccc8c7)nc(-c7ccc8ccccc8c7)n6)cc5)cc4)cc(-c4cnc5ccccc5c4)n3)ccc2c1. The molecule has 298 valence electrons. The first kappa shape index (κ1) is 37.1. The summed E-state index contributed by atoms with van der Waals surface area (Å²) in [6.07, 6.45) is 3.80. The van der Waals surface area contributed by atoms with Crippen molar-refractivity contribution in [2.75, 3.05) is 0 Å². The van der Waals surface area contributed by atoms with Gasteiger partial charge in [0, 0.05) is 56.5 Å². The van der Waals surface area contributed by atoms with Crippen molar-refractivity contribution in [2.24, 2.45) is 0 Å². The molecule has 0 N–H and O–H groups in total. The molecule has 0 aliphatic rings. The monoisotopic (exact) mass is 816 g/mol. The van der Waals surface area contributed by atoms with Crippen LogP contribution in [0, 0.1) is 0 Å². The largest absolute Gasteiger partial charge is 0.256 e. The average Bonchev–Trinajstić information content (AvgIpc) is 3.38. The summed E-state index contributed by atoms with van der Waals surface area (Å²) in [5.74, 6) is 1.33. The molecule has 6 heteroatoms. The third-order valence-electron chi connectivity index (χ3n) is 11.9. The van der Waals surface area contributed by atoms with E-state index in [2.05, 4.69) is 170 Å². The summed E-state index contributed by atoms with van der Waals surface area (Å²) in [6, 6.07) is 71.5. The number of hydrogen-bond acceptors (Lipinski definition) is 6. The van der Waals surface area contributed by atoms with Gasteiger partial charge in [0.1, 0.15) is 0 Å². The lowest BCUT2D eigenvalue weighted by Crippen LogP contribution is -1.97. The van der Waals surface area contributed by atoms with Crippen LogP contribution in [-0.4, -0.2) is 29.9 Å². The molecule has 4 aromatic heterocycles. The molecule has 0 aliphatic carbocycles. The second-order valence-corrected chi connectivity index (χ2v) is 16.0. The Morgan fingerprint density at radius 2 is 0.531 bits per heavy atom. The lowest BCUT2D eigenvalue weighted by molar-refractivity contribution is 1.18. The number of nitrogens with zero attached hydrogens (tertiary/aromatic N) is 6. The molecule has 0 fully saturated rings.